The molecule has 0 aromatic heterocycles. The molecule has 0 atom stereocenters. The second kappa shape index (κ2) is 3.87. The number of hydrogen-bond acceptors (Lipinski definition) is 4. The highest BCUT2D eigenvalue weighted by Crippen LogP contribution is 2.36. The van der Waals surface area contributed by atoms with Crippen molar-refractivity contribution in [2.75, 3.05) is 43.1 Å². The molecular weight excluding hydrogens is 204 g/mol. The number of morpholine rings is 1. The van der Waals surface area contributed by atoms with E-state index in [9.17, 15) is 5.11 Å². The molecule has 0 amide bonds. The van der Waals surface area contributed by atoms with Gasteiger partial charge in [-0.1, -0.05) is 0 Å². The molecule has 2 heterocycles. The first-order valence-corrected chi connectivity index (χ1v) is 5.77. The normalized spacial score (nSPS) is 19.4. The van der Waals surface area contributed by atoms with E-state index in [2.05, 4.69) is 16.3 Å². The lowest BCUT2D eigenvalue weighted by Crippen LogP contribution is -2.36. The molecule has 1 fully saturated rings. The number of anilines is 2. The van der Waals surface area contributed by atoms with Gasteiger partial charge in [0.25, 0.3) is 0 Å². The predicted octanol–water partition coefficient (Wildman–Crippen LogP) is 1.20. The van der Waals surface area contributed by atoms with E-state index < -0.39 is 0 Å². The maximum absolute atomic E-state index is 10.0. The molecule has 0 saturated carbocycles. The quantitative estimate of drug-likeness (QED) is 0.698. The van der Waals surface area contributed by atoms with Gasteiger partial charge in [0, 0.05) is 25.3 Å². The van der Waals surface area contributed by atoms with Crippen molar-refractivity contribution in [3.63, 3.8) is 0 Å². The van der Waals surface area contributed by atoms with E-state index >= 15 is 0 Å². The fourth-order valence-electron chi connectivity index (χ4n) is 2.38. The number of ether oxygens (including phenoxy) is 1. The third-order valence-corrected chi connectivity index (χ3v) is 3.26. The fraction of sp³-hybridized carbons (Fsp3) is 0.500. The number of hydrogen-bond donors (Lipinski definition) is 2. The van der Waals surface area contributed by atoms with E-state index in [0.29, 0.717) is 5.75 Å². The van der Waals surface area contributed by atoms with Gasteiger partial charge in [-0.3, -0.25) is 0 Å². The van der Waals surface area contributed by atoms with Crippen LogP contribution in [0, 0.1) is 0 Å². The number of nitrogens with one attached hydrogen (secondary N) is 1. The van der Waals surface area contributed by atoms with Crippen LogP contribution in [0.25, 0.3) is 0 Å². The van der Waals surface area contributed by atoms with Gasteiger partial charge in [-0.25, -0.2) is 0 Å². The summed E-state index contributed by atoms with van der Waals surface area (Å²) in [6.07, 6.45) is 1.01. The number of phenols is 1. The second-order valence-corrected chi connectivity index (χ2v) is 4.27. The van der Waals surface area contributed by atoms with Gasteiger partial charge in [-0.2, -0.15) is 0 Å². The zero-order chi connectivity index (χ0) is 11.0. The third kappa shape index (κ3) is 1.59. The van der Waals surface area contributed by atoms with Gasteiger partial charge >= 0.3 is 0 Å². The number of aromatic hydroxyl groups is 1. The van der Waals surface area contributed by atoms with Crippen molar-refractivity contribution in [3.8, 4) is 5.75 Å². The van der Waals surface area contributed by atoms with Crippen molar-refractivity contribution in [3.05, 3.63) is 17.7 Å². The lowest BCUT2D eigenvalue weighted by molar-refractivity contribution is 0.122. The molecule has 2 aliphatic heterocycles. The number of phenolic OH excluding ortho intramolecular Hbond substituents is 1. The minimum atomic E-state index is 0.393. The molecule has 0 spiro atoms. The summed E-state index contributed by atoms with van der Waals surface area (Å²) in [5, 5.41) is 13.4. The summed E-state index contributed by atoms with van der Waals surface area (Å²) in [6, 6.07) is 3.95. The SMILES string of the molecule is Oc1cc2c(cc1N1CCOCC1)NCC2. The van der Waals surface area contributed by atoms with Gasteiger partial charge in [0.15, 0.2) is 0 Å². The Kier molecular flexibility index (Phi) is 2.36. The number of nitrogens with zero attached hydrogens (tertiary/aromatic N) is 1. The zero-order valence-corrected chi connectivity index (χ0v) is 9.20. The molecule has 0 unspecified atom stereocenters. The Labute approximate surface area is 94.8 Å². The molecule has 0 aliphatic carbocycles. The Morgan fingerprint density at radius 1 is 1.25 bits per heavy atom. The molecular formula is C12H16N2O2. The first-order chi connectivity index (χ1) is 7.84. The summed E-state index contributed by atoms with van der Waals surface area (Å²) in [4.78, 5) is 2.18. The minimum absolute atomic E-state index is 0.393. The Balaban J connectivity index is 1.94. The van der Waals surface area contributed by atoms with E-state index in [1.165, 1.54) is 11.3 Å². The summed E-state index contributed by atoms with van der Waals surface area (Å²) < 4.78 is 5.31. The van der Waals surface area contributed by atoms with E-state index in [-0.39, 0.29) is 0 Å². The molecule has 1 aromatic rings. The highest BCUT2D eigenvalue weighted by Gasteiger charge is 2.19. The Bertz CT molecular complexity index is 400. The highest BCUT2D eigenvalue weighted by molar-refractivity contribution is 5.71. The average molecular weight is 220 g/mol. The van der Waals surface area contributed by atoms with Gasteiger partial charge < -0.3 is 20.1 Å². The molecule has 2 aliphatic rings. The van der Waals surface area contributed by atoms with Crippen LogP contribution in [0.4, 0.5) is 11.4 Å². The van der Waals surface area contributed by atoms with Crippen molar-refractivity contribution < 1.29 is 9.84 Å². The van der Waals surface area contributed by atoms with Crippen LogP contribution in [0.1, 0.15) is 5.56 Å². The van der Waals surface area contributed by atoms with Gasteiger partial charge in [0.05, 0.1) is 18.9 Å². The lowest BCUT2D eigenvalue weighted by Gasteiger charge is -2.29. The summed E-state index contributed by atoms with van der Waals surface area (Å²) in [7, 11) is 0. The number of rotatable bonds is 1. The fourth-order valence-corrected chi connectivity index (χ4v) is 2.38. The highest BCUT2D eigenvalue weighted by atomic mass is 16.5. The lowest BCUT2D eigenvalue weighted by atomic mass is 10.1. The first kappa shape index (κ1) is 9.78. The van der Waals surface area contributed by atoms with E-state index in [1.807, 2.05) is 6.07 Å². The van der Waals surface area contributed by atoms with Crippen molar-refractivity contribution in [1.82, 2.24) is 0 Å². The van der Waals surface area contributed by atoms with Crippen molar-refractivity contribution in [2.24, 2.45) is 0 Å². The van der Waals surface area contributed by atoms with E-state index in [4.69, 9.17) is 4.74 Å². The topological polar surface area (TPSA) is 44.7 Å². The van der Waals surface area contributed by atoms with Crippen LogP contribution in [0.2, 0.25) is 0 Å². The van der Waals surface area contributed by atoms with Gasteiger partial charge in [0.1, 0.15) is 5.75 Å². The molecule has 1 saturated heterocycles. The number of benzene rings is 1. The Morgan fingerprint density at radius 3 is 2.88 bits per heavy atom. The molecule has 1 aromatic carbocycles. The van der Waals surface area contributed by atoms with Crippen LogP contribution >= 0.6 is 0 Å². The number of fused-ring (bicyclic) bond motifs is 1. The van der Waals surface area contributed by atoms with E-state index in [0.717, 1.165) is 45.0 Å². The van der Waals surface area contributed by atoms with Gasteiger partial charge in [-0.05, 0) is 24.1 Å². The molecule has 0 bridgehead atoms. The molecule has 0 radical (unpaired) electrons. The molecule has 4 nitrogen and oxygen atoms in total. The Morgan fingerprint density at radius 2 is 2.06 bits per heavy atom. The minimum Gasteiger partial charge on any atom is -0.506 e. The van der Waals surface area contributed by atoms with Crippen molar-refractivity contribution in [2.45, 2.75) is 6.42 Å². The zero-order valence-electron chi connectivity index (χ0n) is 9.20. The first-order valence-electron chi connectivity index (χ1n) is 5.77. The van der Waals surface area contributed by atoms with Crippen LogP contribution in [0.3, 0.4) is 0 Å². The monoisotopic (exact) mass is 220 g/mol. The van der Waals surface area contributed by atoms with Crippen LogP contribution in [0.15, 0.2) is 12.1 Å². The summed E-state index contributed by atoms with van der Waals surface area (Å²) in [6.45, 7) is 4.16. The third-order valence-electron chi connectivity index (χ3n) is 3.26. The summed E-state index contributed by atoms with van der Waals surface area (Å²) in [5.41, 5.74) is 3.31. The standard InChI is InChI=1S/C12H16N2O2/c15-12-7-9-1-2-13-10(9)8-11(12)14-3-5-16-6-4-14/h7-8,13,15H,1-6H2. The van der Waals surface area contributed by atoms with Crippen LogP contribution < -0.4 is 10.2 Å². The molecule has 86 valence electrons. The largest absolute Gasteiger partial charge is 0.506 e. The molecule has 4 heteroatoms. The summed E-state index contributed by atoms with van der Waals surface area (Å²) in [5.74, 6) is 0.393. The van der Waals surface area contributed by atoms with E-state index in [1.54, 1.807) is 0 Å². The average Bonchev–Trinajstić information content (AvgIpc) is 2.76. The van der Waals surface area contributed by atoms with Crippen LogP contribution in [0.5, 0.6) is 5.75 Å². The Hall–Kier alpha value is -1.42. The molecule has 3 rings (SSSR count). The van der Waals surface area contributed by atoms with Crippen LogP contribution in [-0.2, 0) is 11.2 Å². The maximum atomic E-state index is 10.0. The summed E-state index contributed by atoms with van der Waals surface area (Å²) >= 11 is 0. The van der Waals surface area contributed by atoms with Crippen molar-refractivity contribution in [1.29, 1.82) is 0 Å². The van der Waals surface area contributed by atoms with Gasteiger partial charge in [-0.15, -0.1) is 0 Å². The molecule has 2 N–H and O–H groups in total. The second-order valence-electron chi connectivity index (χ2n) is 4.27. The van der Waals surface area contributed by atoms with Crippen molar-refractivity contribution >= 4 is 11.4 Å². The predicted molar refractivity (Wildman–Crippen MR) is 63.3 cm³/mol. The van der Waals surface area contributed by atoms with Gasteiger partial charge in [0.2, 0.25) is 0 Å². The van der Waals surface area contributed by atoms with Crippen LogP contribution in [-0.4, -0.2) is 38.0 Å². The maximum Gasteiger partial charge on any atom is 0.139 e. The smallest absolute Gasteiger partial charge is 0.139 e. The molecule has 16 heavy (non-hydrogen) atoms.